The first-order valence-electron chi connectivity index (χ1n) is 10.3. The van der Waals surface area contributed by atoms with Gasteiger partial charge in [-0.15, -0.1) is 0 Å². The van der Waals surface area contributed by atoms with Crippen LogP contribution in [0.4, 0.5) is 0 Å². The first-order valence-corrected chi connectivity index (χ1v) is 12.2. The molecule has 0 spiro atoms. The largest absolute Gasteiger partial charge is 0.481 e. The summed E-state index contributed by atoms with van der Waals surface area (Å²) < 4.78 is 0. The molecular formula is C24H28Cl2O3S. The second kappa shape index (κ2) is 10.9. The maximum absolute atomic E-state index is 11.0. The summed E-state index contributed by atoms with van der Waals surface area (Å²) in [5.41, 5.74) is 3.11. The van der Waals surface area contributed by atoms with Crippen molar-refractivity contribution in [1.29, 1.82) is 0 Å². The second-order valence-electron chi connectivity index (χ2n) is 8.33. The molecule has 0 amide bonds. The number of aryl methyl sites for hydroxylation is 1. The Morgan fingerprint density at radius 3 is 2.47 bits per heavy atom. The SMILES string of the molecule is C[C@@H]1C[C@@H](O)C(CSCc2cc(Cl)cc(Cl)c2)[C@H]1CCc1cccc(CC(=O)O)c1. The standard InChI is InChI=1S/C24H28Cl2O3S/c1-15-7-23(27)22(14-30-13-18-9-19(25)12-20(26)10-18)21(15)6-5-16-3-2-4-17(8-16)11-24(28)29/h2-4,8-10,12,15,21-23,27H,5-7,11,13-14H2,1H3,(H,28,29)/t15-,21+,22?,23-/m1/s1. The Hall–Kier alpha value is -1.20. The molecule has 3 rings (SSSR count). The van der Waals surface area contributed by atoms with Crippen molar-refractivity contribution in [2.45, 2.75) is 44.5 Å². The fourth-order valence-electron chi connectivity index (χ4n) is 4.58. The number of carboxylic acid groups (broad SMARTS) is 1. The van der Waals surface area contributed by atoms with E-state index in [0.29, 0.717) is 21.9 Å². The number of thioether (sulfide) groups is 1. The molecular weight excluding hydrogens is 439 g/mol. The zero-order valence-electron chi connectivity index (χ0n) is 17.1. The van der Waals surface area contributed by atoms with Crippen LogP contribution in [0.5, 0.6) is 0 Å². The van der Waals surface area contributed by atoms with E-state index in [2.05, 4.69) is 13.0 Å². The van der Waals surface area contributed by atoms with Crippen LogP contribution in [-0.2, 0) is 23.4 Å². The fourth-order valence-corrected chi connectivity index (χ4v) is 6.41. The Labute approximate surface area is 192 Å². The van der Waals surface area contributed by atoms with Gasteiger partial charge in [-0.25, -0.2) is 0 Å². The van der Waals surface area contributed by atoms with Gasteiger partial charge in [0.15, 0.2) is 0 Å². The summed E-state index contributed by atoms with van der Waals surface area (Å²) in [4.78, 5) is 11.0. The van der Waals surface area contributed by atoms with Gasteiger partial charge in [-0.1, -0.05) is 54.4 Å². The van der Waals surface area contributed by atoms with Crippen molar-refractivity contribution < 1.29 is 15.0 Å². The first kappa shape index (κ1) is 23.5. The third kappa shape index (κ3) is 6.65. The van der Waals surface area contributed by atoms with Gasteiger partial charge >= 0.3 is 5.97 Å². The number of benzene rings is 2. The van der Waals surface area contributed by atoms with Crippen LogP contribution in [0, 0.1) is 17.8 Å². The van der Waals surface area contributed by atoms with Gasteiger partial charge in [0.1, 0.15) is 0 Å². The molecule has 1 aliphatic carbocycles. The predicted octanol–water partition coefficient (Wildman–Crippen LogP) is 6.12. The lowest BCUT2D eigenvalue weighted by Crippen LogP contribution is -2.23. The van der Waals surface area contributed by atoms with E-state index in [1.54, 1.807) is 6.07 Å². The molecule has 6 heteroatoms. The summed E-state index contributed by atoms with van der Waals surface area (Å²) in [6, 6.07) is 13.5. The number of carbonyl (C=O) groups is 1. The molecule has 2 N–H and O–H groups in total. The smallest absolute Gasteiger partial charge is 0.307 e. The predicted molar refractivity (Wildman–Crippen MR) is 125 cm³/mol. The summed E-state index contributed by atoms with van der Waals surface area (Å²) >= 11 is 14.0. The molecule has 4 atom stereocenters. The van der Waals surface area contributed by atoms with Crippen molar-refractivity contribution >= 4 is 40.9 Å². The van der Waals surface area contributed by atoms with Crippen molar-refractivity contribution in [2.24, 2.45) is 17.8 Å². The highest BCUT2D eigenvalue weighted by Crippen LogP contribution is 2.42. The lowest BCUT2D eigenvalue weighted by atomic mass is 9.85. The fraction of sp³-hybridized carbons (Fsp3) is 0.458. The van der Waals surface area contributed by atoms with Gasteiger partial charge in [0.25, 0.3) is 0 Å². The Balaban J connectivity index is 1.57. The van der Waals surface area contributed by atoms with Gasteiger partial charge in [-0.05, 0) is 77.7 Å². The molecule has 2 aromatic rings. The van der Waals surface area contributed by atoms with Crippen LogP contribution in [0.2, 0.25) is 10.0 Å². The van der Waals surface area contributed by atoms with E-state index >= 15 is 0 Å². The highest BCUT2D eigenvalue weighted by Gasteiger charge is 2.39. The average molecular weight is 467 g/mol. The number of aliphatic hydroxyl groups is 1. The molecule has 30 heavy (non-hydrogen) atoms. The molecule has 0 aliphatic heterocycles. The van der Waals surface area contributed by atoms with Gasteiger partial charge in [0.05, 0.1) is 12.5 Å². The minimum Gasteiger partial charge on any atom is -0.481 e. The second-order valence-corrected chi connectivity index (χ2v) is 10.2. The quantitative estimate of drug-likeness (QED) is 0.467. The van der Waals surface area contributed by atoms with Crippen molar-refractivity contribution in [3.63, 3.8) is 0 Å². The number of carboxylic acids is 1. The zero-order chi connectivity index (χ0) is 21.7. The maximum Gasteiger partial charge on any atom is 0.307 e. The van der Waals surface area contributed by atoms with Crippen LogP contribution in [0.15, 0.2) is 42.5 Å². The van der Waals surface area contributed by atoms with Crippen molar-refractivity contribution in [1.82, 2.24) is 0 Å². The Bertz CT molecular complexity index is 853. The minimum absolute atomic E-state index is 0.0547. The molecule has 0 radical (unpaired) electrons. The number of hydrogen-bond donors (Lipinski definition) is 2. The summed E-state index contributed by atoms with van der Waals surface area (Å²) in [6.07, 6.45) is 2.54. The highest BCUT2D eigenvalue weighted by atomic mass is 35.5. The number of aliphatic carboxylic acids is 1. The first-order chi connectivity index (χ1) is 14.3. The molecule has 0 aromatic heterocycles. The van der Waals surface area contributed by atoms with E-state index in [-0.39, 0.29) is 18.4 Å². The van der Waals surface area contributed by atoms with Crippen LogP contribution >= 0.6 is 35.0 Å². The molecule has 3 nitrogen and oxygen atoms in total. The normalized spacial score (nSPS) is 23.6. The monoisotopic (exact) mass is 466 g/mol. The molecule has 1 aliphatic rings. The van der Waals surface area contributed by atoms with Crippen molar-refractivity contribution in [3.8, 4) is 0 Å². The van der Waals surface area contributed by atoms with E-state index in [1.165, 1.54) is 5.56 Å². The van der Waals surface area contributed by atoms with Crippen LogP contribution in [0.3, 0.4) is 0 Å². The summed E-state index contributed by atoms with van der Waals surface area (Å²) in [5, 5.41) is 20.9. The van der Waals surface area contributed by atoms with E-state index < -0.39 is 5.97 Å². The van der Waals surface area contributed by atoms with Crippen LogP contribution in [0.25, 0.3) is 0 Å². The van der Waals surface area contributed by atoms with Gasteiger partial charge in [-0.3, -0.25) is 4.79 Å². The Morgan fingerprint density at radius 2 is 1.77 bits per heavy atom. The summed E-state index contributed by atoms with van der Waals surface area (Å²) in [7, 11) is 0. The molecule has 0 saturated heterocycles. The maximum atomic E-state index is 11.0. The third-order valence-electron chi connectivity index (χ3n) is 6.00. The van der Waals surface area contributed by atoms with Crippen molar-refractivity contribution in [2.75, 3.05) is 5.75 Å². The van der Waals surface area contributed by atoms with E-state index in [9.17, 15) is 9.90 Å². The number of halogens is 2. The van der Waals surface area contributed by atoms with E-state index in [1.807, 2.05) is 42.1 Å². The molecule has 0 bridgehead atoms. The van der Waals surface area contributed by atoms with Gasteiger partial charge < -0.3 is 10.2 Å². The molecule has 1 saturated carbocycles. The average Bonchev–Trinajstić information content (AvgIpc) is 2.92. The van der Waals surface area contributed by atoms with Crippen molar-refractivity contribution in [3.05, 3.63) is 69.2 Å². The van der Waals surface area contributed by atoms with Gasteiger partial charge in [0, 0.05) is 15.8 Å². The Kier molecular flexibility index (Phi) is 8.52. The Morgan fingerprint density at radius 1 is 1.07 bits per heavy atom. The molecule has 1 unspecified atom stereocenters. The number of hydrogen-bond acceptors (Lipinski definition) is 3. The molecule has 2 aromatic carbocycles. The summed E-state index contributed by atoms with van der Waals surface area (Å²) in [5.74, 6) is 2.12. The van der Waals surface area contributed by atoms with E-state index in [4.69, 9.17) is 28.3 Å². The lowest BCUT2D eigenvalue weighted by molar-refractivity contribution is -0.136. The van der Waals surface area contributed by atoms with Crippen LogP contribution < -0.4 is 0 Å². The van der Waals surface area contributed by atoms with Crippen LogP contribution in [0.1, 0.15) is 36.5 Å². The molecule has 0 heterocycles. The summed E-state index contributed by atoms with van der Waals surface area (Å²) in [6.45, 7) is 2.23. The van der Waals surface area contributed by atoms with Crippen LogP contribution in [-0.4, -0.2) is 28.0 Å². The number of aliphatic hydroxyl groups excluding tert-OH is 1. The van der Waals surface area contributed by atoms with E-state index in [0.717, 1.165) is 41.9 Å². The number of rotatable bonds is 9. The minimum atomic E-state index is -0.808. The van der Waals surface area contributed by atoms with Gasteiger partial charge in [0.2, 0.25) is 0 Å². The molecule has 1 fully saturated rings. The third-order valence-corrected chi connectivity index (χ3v) is 7.60. The molecule has 162 valence electrons. The topological polar surface area (TPSA) is 57.5 Å². The zero-order valence-corrected chi connectivity index (χ0v) is 19.4. The lowest BCUT2D eigenvalue weighted by Gasteiger charge is -2.24. The van der Waals surface area contributed by atoms with Gasteiger partial charge in [-0.2, -0.15) is 11.8 Å². The highest BCUT2D eigenvalue weighted by molar-refractivity contribution is 7.98.